The molecule has 1 unspecified atom stereocenters. The number of hydrogen-bond acceptors (Lipinski definition) is 4. The Kier molecular flexibility index (Phi) is 4.13. The third-order valence-electron chi connectivity index (χ3n) is 3.35. The number of carbonyl (C=O) groups is 2. The van der Waals surface area contributed by atoms with Crippen molar-refractivity contribution < 1.29 is 14.7 Å². The van der Waals surface area contributed by atoms with Crippen LogP contribution >= 0.6 is 0 Å². The number of likely N-dealkylation sites (tertiary alicyclic amines) is 1. The van der Waals surface area contributed by atoms with Gasteiger partial charge in [-0.2, -0.15) is 0 Å². The highest BCUT2D eigenvalue weighted by Gasteiger charge is 2.28. The Labute approximate surface area is 111 Å². The van der Waals surface area contributed by atoms with Gasteiger partial charge in [0.05, 0.1) is 12.7 Å². The fourth-order valence-electron chi connectivity index (χ4n) is 2.40. The zero-order valence-electron chi connectivity index (χ0n) is 10.9. The normalized spacial score (nSPS) is 19.1. The molecule has 2 rings (SSSR count). The number of carbonyl (C=O) groups excluding carboxylic acids is 1. The van der Waals surface area contributed by atoms with Gasteiger partial charge in [-0.3, -0.25) is 4.79 Å². The molecule has 1 aromatic heterocycles. The Morgan fingerprint density at radius 2 is 2.32 bits per heavy atom. The fraction of sp³-hybridized carbons (Fsp3) is 0.667. The lowest BCUT2D eigenvalue weighted by molar-refractivity contribution is -0.127. The predicted molar refractivity (Wildman–Crippen MR) is 66.6 cm³/mol. The summed E-state index contributed by atoms with van der Waals surface area (Å²) in [5, 5.41) is 16.0. The lowest BCUT2D eigenvalue weighted by Crippen LogP contribution is -2.29. The maximum absolute atomic E-state index is 11.8. The highest BCUT2D eigenvalue weighted by atomic mass is 16.4. The largest absolute Gasteiger partial charge is 0.476 e. The molecule has 1 N–H and O–H groups in total. The van der Waals surface area contributed by atoms with Crippen molar-refractivity contribution in [3.8, 4) is 0 Å². The highest BCUT2D eigenvalue weighted by molar-refractivity contribution is 5.84. The van der Waals surface area contributed by atoms with Gasteiger partial charge in [0.15, 0.2) is 5.69 Å². The monoisotopic (exact) mass is 266 g/mol. The minimum atomic E-state index is -1.09. The van der Waals surface area contributed by atoms with E-state index in [1.807, 2.05) is 4.90 Å². The van der Waals surface area contributed by atoms with Crippen LogP contribution in [-0.2, 0) is 11.3 Å². The molecule has 7 heteroatoms. The summed E-state index contributed by atoms with van der Waals surface area (Å²) in [5.41, 5.74) is -0.0726. The van der Waals surface area contributed by atoms with Crippen LogP contribution in [-0.4, -0.2) is 50.0 Å². The van der Waals surface area contributed by atoms with Gasteiger partial charge in [0.2, 0.25) is 5.91 Å². The van der Waals surface area contributed by atoms with E-state index in [1.54, 1.807) is 0 Å². The van der Waals surface area contributed by atoms with Gasteiger partial charge in [-0.15, -0.1) is 5.10 Å². The summed E-state index contributed by atoms with van der Waals surface area (Å²) < 4.78 is 1.46. The van der Waals surface area contributed by atoms with Crippen molar-refractivity contribution in [3.05, 3.63) is 11.9 Å². The van der Waals surface area contributed by atoms with E-state index in [4.69, 9.17) is 5.11 Å². The topological polar surface area (TPSA) is 88.3 Å². The molecule has 19 heavy (non-hydrogen) atoms. The van der Waals surface area contributed by atoms with Crippen molar-refractivity contribution in [2.75, 3.05) is 13.1 Å². The Morgan fingerprint density at radius 3 is 2.95 bits per heavy atom. The van der Waals surface area contributed by atoms with Gasteiger partial charge >= 0.3 is 5.97 Å². The fourth-order valence-corrected chi connectivity index (χ4v) is 2.40. The minimum absolute atomic E-state index is 0.0726. The van der Waals surface area contributed by atoms with Gasteiger partial charge in [-0.05, 0) is 12.3 Å². The molecule has 0 aliphatic carbocycles. The van der Waals surface area contributed by atoms with Crippen LogP contribution < -0.4 is 0 Å². The molecule has 1 aliphatic rings. The van der Waals surface area contributed by atoms with Gasteiger partial charge < -0.3 is 10.0 Å². The summed E-state index contributed by atoms with van der Waals surface area (Å²) in [6.07, 6.45) is 4.18. The molecule has 1 atom stereocenters. The lowest BCUT2D eigenvalue weighted by Gasteiger charge is -2.16. The summed E-state index contributed by atoms with van der Waals surface area (Å²) in [4.78, 5) is 24.3. The number of rotatable bonds is 6. The molecule has 1 amide bonds. The predicted octanol–water partition coefficient (Wildman–Crippen LogP) is 0.625. The maximum Gasteiger partial charge on any atom is 0.358 e. The molecule has 1 aliphatic heterocycles. The van der Waals surface area contributed by atoms with E-state index in [0.29, 0.717) is 25.4 Å². The number of nitrogens with zero attached hydrogens (tertiary/aromatic N) is 4. The molecular formula is C12H18N4O3. The Balaban J connectivity index is 1.85. The van der Waals surface area contributed by atoms with Gasteiger partial charge in [-0.1, -0.05) is 18.6 Å². The Bertz CT molecular complexity index is 471. The first-order chi connectivity index (χ1) is 9.10. The van der Waals surface area contributed by atoms with Crippen LogP contribution in [0.15, 0.2) is 6.20 Å². The first-order valence-electron chi connectivity index (χ1n) is 6.51. The first kappa shape index (κ1) is 13.5. The summed E-state index contributed by atoms with van der Waals surface area (Å²) in [6.45, 7) is 3.95. The number of carboxylic acid groups (broad SMARTS) is 1. The Hall–Kier alpha value is -1.92. The highest BCUT2D eigenvalue weighted by Crippen LogP contribution is 2.21. The summed E-state index contributed by atoms with van der Waals surface area (Å²) in [6, 6.07) is 0. The van der Waals surface area contributed by atoms with Crippen molar-refractivity contribution >= 4 is 11.9 Å². The molecule has 1 saturated heterocycles. The van der Waals surface area contributed by atoms with E-state index in [-0.39, 0.29) is 11.6 Å². The molecule has 104 valence electrons. The number of hydrogen-bond donors (Lipinski definition) is 1. The average molecular weight is 266 g/mol. The zero-order chi connectivity index (χ0) is 13.8. The molecular weight excluding hydrogens is 248 g/mol. The zero-order valence-corrected chi connectivity index (χ0v) is 10.9. The van der Waals surface area contributed by atoms with Crippen molar-refractivity contribution in [2.45, 2.75) is 32.7 Å². The number of aromatic nitrogens is 3. The molecule has 7 nitrogen and oxygen atoms in total. The van der Waals surface area contributed by atoms with Gasteiger partial charge in [0.25, 0.3) is 0 Å². The SMILES string of the molecule is CCCC1CC(=O)N(CCn2cc(C(=O)O)nn2)C1. The summed E-state index contributed by atoms with van der Waals surface area (Å²) in [5.74, 6) is -0.452. The molecule has 2 heterocycles. The number of aromatic carboxylic acids is 1. The van der Waals surface area contributed by atoms with Crippen LogP contribution in [0, 0.1) is 5.92 Å². The van der Waals surface area contributed by atoms with Gasteiger partial charge in [0, 0.05) is 19.5 Å². The number of carboxylic acids is 1. The van der Waals surface area contributed by atoms with E-state index in [0.717, 1.165) is 19.4 Å². The third-order valence-corrected chi connectivity index (χ3v) is 3.35. The minimum Gasteiger partial charge on any atom is -0.476 e. The maximum atomic E-state index is 11.8. The summed E-state index contributed by atoms with van der Waals surface area (Å²) >= 11 is 0. The molecule has 0 aromatic carbocycles. The molecule has 0 spiro atoms. The van der Waals surface area contributed by atoms with Crippen LogP contribution in [0.25, 0.3) is 0 Å². The second-order valence-corrected chi connectivity index (χ2v) is 4.87. The van der Waals surface area contributed by atoms with Crippen LogP contribution in [0.1, 0.15) is 36.7 Å². The van der Waals surface area contributed by atoms with E-state index in [9.17, 15) is 9.59 Å². The van der Waals surface area contributed by atoms with Crippen LogP contribution in [0.5, 0.6) is 0 Å². The van der Waals surface area contributed by atoms with Crippen molar-refractivity contribution in [1.29, 1.82) is 0 Å². The van der Waals surface area contributed by atoms with E-state index in [1.165, 1.54) is 10.9 Å². The quantitative estimate of drug-likeness (QED) is 0.815. The van der Waals surface area contributed by atoms with Crippen molar-refractivity contribution in [1.82, 2.24) is 19.9 Å². The lowest BCUT2D eigenvalue weighted by atomic mass is 10.0. The molecule has 1 aromatic rings. The van der Waals surface area contributed by atoms with Gasteiger partial charge in [0.1, 0.15) is 0 Å². The third kappa shape index (κ3) is 3.30. The number of amides is 1. The van der Waals surface area contributed by atoms with E-state index >= 15 is 0 Å². The van der Waals surface area contributed by atoms with E-state index < -0.39 is 5.97 Å². The van der Waals surface area contributed by atoms with Crippen molar-refractivity contribution in [3.63, 3.8) is 0 Å². The van der Waals surface area contributed by atoms with Gasteiger partial charge in [-0.25, -0.2) is 9.48 Å². The van der Waals surface area contributed by atoms with Crippen LogP contribution in [0.4, 0.5) is 0 Å². The molecule has 0 saturated carbocycles. The molecule has 1 fully saturated rings. The molecule has 0 radical (unpaired) electrons. The van der Waals surface area contributed by atoms with Crippen LogP contribution in [0.3, 0.4) is 0 Å². The second kappa shape index (κ2) is 5.81. The van der Waals surface area contributed by atoms with E-state index in [2.05, 4.69) is 17.2 Å². The second-order valence-electron chi connectivity index (χ2n) is 4.87. The Morgan fingerprint density at radius 1 is 1.53 bits per heavy atom. The van der Waals surface area contributed by atoms with Crippen molar-refractivity contribution in [2.24, 2.45) is 5.92 Å². The smallest absolute Gasteiger partial charge is 0.358 e. The standard InChI is InChI=1S/C12H18N4O3/c1-2-3-9-6-11(17)15(7-9)4-5-16-8-10(12(18)19)13-14-16/h8-9H,2-7H2,1H3,(H,18,19). The van der Waals surface area contributed by atoms with Crippen LogP contribution in [0.2, 0.25) is 0 Å². The molecule has 0 bridgehead atoms. The summed E-state index contributed by atoms with van der Waals surface area (Å²) in [7, 11) is 0. The average Bonchev–Trinajstić information content (AvgIpc) is 2.94. The first-order valence-corrected chi connectivity index (χ1v) is 6.51.